The standard InChI is InChI=1S/C22H24N2O8.C14H14O3/c1-21(31)8-5-4-6-11(25)12(8)16(26)13-9(21)7-10-15(24(2)3)17(27)14(20(23)30)19(29)22(10,32)18(13)28;1-9(14(15)16)10-3-4-12-8-13(17-2)6-5-11(12)7-10/h4-6,9-10,15,25,27-28,31-32H,7H2,1-3H3,(H2,23,30);3-9H,1-2H3,(H,15,16)/t9-,10-,15-,21+,22-;9-/m00/s1. The Bertz CT molecular complexity index is 1980. The van der Waals surface area contributed by atoms with Gasteiger partial charge in [0.15, 0.2) is 11.4 Å². The number of hydrogen-bond acceptors (Lipinski definition) is 11. The first kappa shape index (κ1) is 35.1. The highest BCUT2D eigenvalue weighted by atomic mass is 16.5. The molecule has 8 N–H and O–H groups in total. The van der Waals surface area contributed by atoms with E-state index in [1.807, 2.05) is 36.4 Å². The summed E-state index contributed by atoms with van der Waals surface area (Å²) in [5.41, 5.74) is 0.161. The number of nitrogens with two attached hydrogens (primary N) is 1. The first-order valence-corrected chi connectivity index (χ1v) is 15.4. The summed E-state index contributed by atoms with van der Waals surface area (Å²) in [5.74, 6) is -8.38. The number of primary amides is 1. The quantitative estimate of drug-likeness (QED) is 0.194. The number of methoxy groups -OCH3 is 1. The van der Waals surface area contributed by atoms with Gasteiger partial charge in [-0.2, -0.15) is 0 Å². The first-order valence-electron chi connectivity index (χ1n) is 15.4. The maximum absolute atomic E-state index is 13.3. The number of aliphatic hydroxyl groups excluding tert-OH is 2. The van der Waals surface area contributed by atoms with Gasteiger partial charge in [-0.15, -0.1) is 0 Å². The van der Waals surface area contributed by atoms with Gasteiger partial charge in [0.1, 0.15) is 28.6 Å². The zero-order valence-electron chi connectivity index (χ0n) is 27.5. The van der Waals surface area contributed by atoms with E-state index in [9.17, 15) is 44.7 Å². The molecule has 0 unspecified atom stereocenters. The third-order valence-electron chi connectivity index (χ3n) is 9.96. The molecule has 0 saturated heterocycles. The van der Waals surface area contributed by atoms with Crippen molar-refractivity contribution in [3.05, 3.63) is 94.0 Å². The van der Waals surface area contributed by atoms with Crippen LogP contribution in [0.4, 0.5) is 0 Å². The molecule has 13 heteroatoms. The number of carbonyl (C=O) groups excluding carboxylic acids is 3. The van der Waals surface area contributed by atoms with E-state index in [1.165, 1.54) is 44.1 Å². The smallest absolute Gasteiger partial charge is 0.310 e. The van der Waals surface area contributed by atoms with Crippen LogP contribution < -0.4 is 10.5 Å². The number of rotatable bonds is 5. The van der Waals surface area contributed by atoms with Crippen molar-refractivity contribution >= 4 is 34.2 Å². The Labute approximate surface area is 281 Å². The number of phenolic OH excluding ortho intramolecular Hbond substituents is 1. The van der Waals surface area contributed by atoms with Crippen molar-refractivity contribution in [1.29, 1.82) is 0 Å². The number of carboxylic acid groups (broad SMARTS) is 1. The lowest BCUT2D eigenvalue weighted by Crippen LogP contribution is -2.65. The molecular formula is C36H38N2O11. The number of aliphatic hydroxyl groups is 4. The van der Waals surface area contributed by atoms with E-state index in [2.05, 4.69) is 0 Å². The van der Waals surface area contributed by atoms with Gasteiger partial charge in [-0.05, 0) is 74.5 Å². The number of amides is 1. The van der Waals surface area contributed by atoms with E-state index in [0.29, 0.717) is 0 Å². The van der Waals surface area contributed by atoms with Crippen LogP contribution in [0, 0.1) is 11.8 Å². The van der Waals surface area contributed by atoms with Crippen LogP contribution in [0.25, 0.3) is 10.8 Å². The van der Waals surface area contributed by atoms with Crippen LogP contribution in [0.15, 0.2) is 77.3 Å². The summed E-state index contributed by atoms with van der Waals surface area (Å²) in [4.78, 5) is 50.8. The van der Waals surface area contributed by atoms with Crippen molar-refractivity contribution in [3.8, 4) is 11.5 Å². The van der Waals surface area contributed by atoms with Gasteiger partial charge in [0.05, 0.1) is 30.2 Å². The zero-order chi connectivity index (χ0) is 36.3. The Morgan fingerprint density at radius 3 is 2.22 bits per heavy atom. The minimum atomic E-state index is -2.75. The third-order valence-corrected chi connectivity index (χ3v) is 9.96. The fraction of sp³-hybridized carbons (Fsp3) is 0.333. The Morgan fingerprint density at radius 1 is 1.00 bits per heavy atom. The number of ether oxygens (including phenoxy) is 1. The van der Waals surface area contributed by atoms with Gasteiger partial charge in [-0.25, -0.2) is 0 Å². The lowest BCUT2D eigenvalue weighted by Gasteiger charge is -2.52. The lowest BCUT2D eigenvalue weighted by molar-refractivity contribution is -0.152. The van der Waals surface area contributed by atoms with E-state index in [0.717, 1.165) is 22.1 Å². The second-order valence-electron chi connectivity index (χ2n) is 13.0. The molecule has 3 aromatic rings. The van der Waals surface area contributed by atoms with Gasteiger partial charge in [0.25, 0.3) is 5.91 Å². The molecule has 1 amide bonds. The highest BCUT2D eigenvalue weighted by Gasteiger charge is 2.65. The molecule has 0 bridgehead atoms. The van der Waals surface area contributed by atoms with Gasteiger partial charge in [0, 0.05) is 17.4 Å². The zero-order valence-corrected chi connectivity index (χ0v) is 27.5. The molecular weight excluding hydrogens is 636 g/mol. The van der Waals surface area contributed by atoms with E-state index in [1.54, 1.807) is 14.0 Å². The highest BCUT2D eigenvalue weighted by molar-refractivity contribution is 6.24. The Morgan fingerprint density at radius 2 is 1.63 bits per heavy atom. The molecule has 0 spiro atoms. The molecule has 6 rings (SSSR count). The number of likely N-dealkylation sites (N-methyl/N-ethyl adjacent to an activating group) is 1. The van der Waals surface area contributed by atoms with Crippen LogP contribution in [0.3, 0.4) is 0 Å². The van der Waals surface area contributed by atoms with Crippen LogP contribution in [0.2, 0.25) is 0 Å². The summed E-state index contributed by atoms with van der Waals surface area (Å²) in [5, 5.41) is 66.1. The van der Waals surface area contributed by atoms with E-state index in [-0.39, 0.29) is 17.5 Å². The molecule has 49 heavy (non-hydrogen) atoms. The molecule has 0 fully saturated rings. The number of ketones is 2. The van der Waals surface area contributed by atoms with Gasteiger partial charge in [-0.1, -0.05) is 36.4 Å². The first-order chi connectivity index (χ1) is 22.9. The summed E-state index contributed by atoms with van der Waals surface area (Å²) in [6.45, 7) is 3.09. The van der Waals surface area contributed by atoms with Gasteiger partial charge in [0.2, 0.25) is 5.78 Å². The SMILES string of the molecule is CN(C)[C@@H]1C(O)=C(C(N)=O)C(=O)[C@@]2(O)C(O)=C3C(=O)c4c(O)cccc4[C@@](C)(O)[C@H]3C[C@@H]12.COc1ccc2cc([C@H](C)C(=O)O)ccc2c1. The van der Waals surface area contributed by atoms with Crippen molar-refractivity contribution < 1.29 is 54.6 Å². The molecule has 0 saturated carbocycles. The molecule has 258 valence electrons. The van der Waals surface area contributed by atoms with Crippen LogP contribution in [-0.4, -0.2) is 91.8 Å². The van der Waals surface area contributed by atoms with Gasteiger partial charge in [-0.3, -0.25) is 24.1 Å². The van der Waals surface area contributed by atoms with Crippen molar-refractivity contribution in [2.24, 2.45) is 17.6 Å². The minimum Gasteiger partial charge on any atom is -0.510 e. The molecule has 0 aliphatic heterocycles. The maximum atomic E-state index is 13.3. The second kappa shape index (κ2) is 12.3. The van der Waals surface area contributed by atoms with Crippen LogP contribution in [0.1, 0.15) is 47.7 Å². The second-order valence-corrected chi connectivity index (χ2v) is 13.0. The average molecular weight is 675 g/mol. The number of carbonyl (C=O) groups is 4. The molecule has 13 nitrogen and oxygen atoms in total. The lowest BCUT2D eigenvalue weighted by atomic mass is 9.55. The fourth-order valence-corrected chi connectivity index (χ4v) is 7.29. The van der Waals surface area contributed by atoms with Crippen molar-refractivity contribution in [1.82, 2.24) is 4.90 Å². The number of aromatic hydroxyl groups is 1. The minimum absolute atomic E-state index is 0.135. The number of aliphatic carboxylic acids is 1. The molecule has 0 radical (unpaired) electrons. The summed E-state index contributed by atoms with van der Waals surface area (Å²) in [6.07, 6.45) is -0.200. The monoisotopic (exact) mass is 674 g/mol. The topological polar surface area (TPSA) is 228 Å². The van der Waals surface area contributed by atoms with Crippen molar-refractivity contribution in [2.75, 3.05) is 21.2 Å². The van der Waals surface area contributed by atoms with Crippen LogP contribution in [0.5, 0.6) is 11.5 Å². The Kier molecular flexibility index (Phi) is 8.83. The van der Waals surface area contributed by atoms with E-state index >= 15 is 0 Å². The molecule has 6 atom stereocenters. The Balaban J connectivity index is 0.000000232. The summed E-state index contributed by atoms with van der Waals surface area (Å²) < 4.78 is 5.14. The number of fused-ring (bicyclic) bond motifs is 4. The van der Waals surface area contributed by atoms with Crippen molar-refractivity contribution in [3.63, 3.8) is 0 Å². The predicted molar refractivity (Wildman–Crippen MR) is 176 cm³/mol. The Hall–Kier alpha value is -5.24. The summed E-state index contributed by atoms with van der Waals surface area (Å²) in [7, 11) is 4.69. The number of Topliss-reactive ketones (excluding diaryl/α,β-unsaturated/α-hetero) is 2. The van der Waals surface area contributed by atoms with E-state index < -0.39 is 86.9 Å². The van der Waals surface area contributed by atoms with Crippen LogP contribution >= 0.6 is 0 Å². The number of hydrogen-bond donors (Lipinski definition) is 7. The molecule has 0 heterocycles. The molecule has 3 aliphatic rings. The van der Waals surface area contributed by atoms with E-state index in [4.69, 9.17) is 15.6 Å². The molecule has 3 aromatic carbocycles. The summed E-state index contributed by atoms with van der Waals surface area (Å²) >= 11 is 0. The number of nitrogens with zero attached hydrogens (tertiary/aromatic N) is 1. The third kappa shape index (κ3) is 5.39. The molecule has 3 aliphatic carbocycles. The predicted octanol–water partition coefficient (Wildman–Crippen LogP) is 2.82. The normalized spacial score (nSPS) is 26.7. The van der Waals surface area contributed by atoms with Crippen molar-refractivity contribution in [2.45, 2.75) is 43.4 Å². The van der Waals surface area contributed by atoms with Crippen LogP contribution in [-0.2, 0) is 20.0 Å². The average Bonchev–Trinajstić information content (AvgIpc) is 3.04. The number of carboxylic acids is 1. The highest BCUT2D eigenvalue weighted by Crippen LogP contribution is 2.56. The fourth-order valence-electron chi connectivity index (χ4n) is 7.29. The maximum Gasteiger partial charge on any atom is 0.310 e. The molecule has 0 aromatic heterocycles. The number of benzene rings is 3. The largest absolute Gasteiger partial charge is 0.510 e. The number of phenols is 1. The van der Waals surface area contributed by atoms with Gasteiger partial charge < -0.3 is 41.1 Å². The van der Waals surface area contributed by atoms with Gasteiger partial charge >= 0.3 is 5.97 Å². The summed E-state index contributed by atoms with van der Waals surface area (Å²) in [6, 6.07) is 14.5.